The highest BCUT2D eigenvalue weighted by atomic mass is 16.1. The Bertz CT molecular complexity index is 330. The molecule has 6 unspecified atom stereocenters. The third-order valence-corrected chi connectivity index (χ3v) is 5.48. The van der Waals surface area contributed by atoms with Gasteiger partial charge in [-0.05, 0) is 42.4 Å². The van der Waals surface area contributed by atoms with Gasteiger partial charge in [-0.3, -0.25) is 4.79 Å². The summed E-state index contributed by atoms with van der Waals surface area (Å²) in [5.41, 5.74) is 0. The Morgan fingerprint density at radius 1 is 1.31 bits per heavy atom. The molecule has 0 heterocycles. The molecule has 1 nitrogen and oxygen atoms in total. The number of hydrogen-bond acceptors (Lipinski definition) is 1. The van der Waals surface area contributed by atoms with Crippen molar-refractivity contribution in [2.75, 3.05) is 0 Å². The van der Waals surface area contributed by atoms with Crippen molar-refractivity contribution in [3.63, 3.8) is 0 Å². The summed E-state index contributed by atoms with van der Waals surface area (Å²) in [7, 11) is 0. The zero-order valence-corrected chi connectivity index (χ0v) is 10.4. The number of carbonyl (C=O) groups is 1. The summed E-state index contributed by atoms with van der Waals surface area (Å²) in [6.45, 7) is 4.57. The molecule has 3 rings (SSSR count). The Kier molecular flexibility index (Phi) is 2.45. The van der Waals surface area contributed by atoms with Gasteiger partial charge in [0, 0.05) is 12.3 Å². The smallest absolute Gasteiger partial charge is 0.137 e. The van der Waals surface area contributed by atoms with E-state index in [1.807, 2.05) is 0 Å². The largest absolute Gasteiger partial charge is 0.299 e. The summed E-state index contributed by atoms with van der Waals surface area (Å²) >= 11 is 0. The normalized spacial score (nSPS) is 47.1. The molecule has 2 bridgehead atoms. The molecule has 6 atom stereocenters. The first-order chi connectivity index (χ1) is 7.70. The first-order valence-corrected chi connectivity index (χ1v) is 6.91. The summed E-state index contributed by atoms with van der Waals surface area (Å²) in [5.74, 6) is 4.45. The van der Waals surface area contributed by atoms with E-state index in [0.717, 1.165) is 18.3 Å². The van der Waals surface area contributed by atoms with Gasteiger partial charge in [0.25, 0.3) is 0 Å². The quantitative estimate of drug-likeness (QED) is 0.649. The fraction of sp³-hybridized carbons (Fsp3) is 0.800. The molecule has 88 valence electrons. The van der Waals surface area contributed by atoms with Crippen LogP contribution in [0.15, 0.2) is 12.2 Å². The van der Waals surface area contributed by atoms with Crippen LogP contribution in [0.5, 0.6) is 0 Å². The lowest BCUT2D eigenvalue weighted by atomic mass is 9.66. The van der Waals surface area contributed by atoms with E-state index in [4.69, 9.17) is 0 Å². The molecule has 0 saturated heterocycles. The summed E-state index contributed by atoms with van der Waals surface area (Å²) in [4.78, 5) is 12.3. The van der Waals surface area contributed by atoms with E-state index in [1.54, 1.807) is 0 Å². The zero-order valence-electron chi connectivity index (χ0n) is 10.4. The van der Waals surface area contributed by atoms with E-state index >= 15 is 0 Å². The lowest BCUT2D eigenvalue weighted by Gasteiger charge is -2.38. The van der Waals surface area contributed by atoms with Gasteiger partial charge in [-0.15, -0.1) is 0 Å². The minimum Gasteiger partial charge on any atom is -0.299 e. The number of allylic oxidation sites excluding steroid dienone is 2. The summed E-state index contributed by atoms with van der Waals surface area (Å²) in [6, 6.07) is 0. The number of rotatable bonds is 2. The highest BCUT2D eigenvalue weighted by Gasteiger charge is 2.51. The molecule has 1 heteroatoms. The van der Waals surface area contributed by atoms with Crippen molar-refractivity contribution in [3.05, 3.63) is 12.2 Å². The SMILES string of the molecule is CCC(C)C1CC(=O)C2C3C=CC(C3)C2C1. The van der Waals surface area contributed by atoms with Gasteiger partial charge in [-0.25, -0.2) is 0 Å². The van der Waals surface area contributed by atoms with Crippen LogP contribution in [0.4, 0.5) is 0 Å². The van der Waals surface area contributed by atoms with E-state index in [1.165, 1.54) is 19.3 Å². The molecule has 0 aromatic heterocycles. The minimum absolute atomic E-state index is 0.412. The van der Waals surface area contributed by atoms with E-state index in [0.29, 0.717) is 29.5 Å². The Morgan fingerprint density at radius 2 is 2.06 bits per heavy atom. The molecular formula is C15H22O. The predicted octanol–water partition coefficient (Wildman–Crippen LogP) is 3.45. The van der Waals surface area contributed by atoms with Crippen LogP contribution in [0.1, 0.15) is 39.5 Å². The molecule has 0 aliphatic heterocycles. The second-order valence-corrected chi connectivity index (χ2v) is 6.19. The maximum absolute atomic E-state index is 12.3. The van der Waals surface area contributed by atoms with Crippen LogP contribution in [-0.2, 0) is 4.79 Å². The average Bonchev–Trinajstić information content (AvgIpc) is 2.88. The maximum Gasteiger partial charge on any atom is 0.137 e. The van der Waals surface area contributed by atoms with Crippen molar-refractivity contribution < 1.29 is 4.79 Å². The molecule has 3 aliphatic rings. The molecule has 2 fully saturated rings. The maximum atomic E-state index is 12.3. The molecule has 2 saturated carbocycles. The Labute approximate surface area is 98.3 Å². The standard InChI is InChI=1S/C15H22O/c1-3-9(2)12-7-13-10-4-5-11(6-10)15(13)14(16)8-12/h4-5,9-13,15H,3,6-8H2,1-2H3. The topological polar surface area (TPSA) is 17.1 Å². The number of ketones is 1. The van der Waals surface area contributed by atoms with Gasteiger partial charge in [-0.1, -0.05) is 32.4 Å². The van der Waals surface area contributed by atoms with Crippen molar-refractivity contribution >= 4 is 5.78 Å². The molecule has 0 aromatic carbocycles. The molecule has 0 N–H and O–H groups in total. The molecule has 0 radical (unpaired) electrons. The first-order valence-electron chi connectivity index (χ1n) is 6.91. The van der Waals surface area contributed by atoms with Gasteiger partial charge in [0.15, 0.2) is 0 Å². The fourth-order valence-electron chi connectivity index (χ4n) is 4.32. The zero-order chi connectivity index (χ0) is 11.3. The van der Waals surface area contributed by atoms with Crippen LogP contribution in [-0.4, -0.2) is 5.78 Å². The van der Waals surface area contributed by atoms with E-state index in [-0.39, 0.29) is 0 Å². The Hall–Kier alpha value is -0.590. The number of fused-ring (bicyclic) bond motifs is 5. The van der Waals surface area contributed by atoms with Crippen LogP contribution in [0.3, 0.4) is 0 Å². The first kappa shape index (κ1) is 10.6. The monoisotopic (exact) mass is 218 g/mol. The third kappa shape index (κ3) is 1.40. The highest BCUT2D eigenvalue weighted by Crippen LogP contribution is 2.54. The van der Waals surface area contributed by atoms with Gasteiger partial charge in [0.2, 0.25) is 0 Å². The molecule has 16 heavy (non-hydrogen) atoms. The number of carbonyl (C=O) groups excluding carboxylic acids is 1. The van der Waals surface area contributed by atoms with Crippen LogP contribution in [0.2, 0.25) is 0 Å². The summed E-state index contributed by atoms with van der Waals surface area (Å²) in [6.07, 6.45) is 9.38. The lowest BCUT2D eigenvalue weighted by Crippen LogP contribution is -2.37. The van der Waals surface area contributed by atoms with E-state index in [9.17, 15) is 4.79 Å². The van der Waals surface area contributed by atoms with Crippen molar-refractivity contribution in [2.45, 2.75) is 39.5 Å². The van der Waals surface area contributed by atoms with Crippen LogP contribution >= 0.6 is 0 Å². The van der Waals surface area contributed by atoms with Gasteiger partial charge in [0.05, 0.1) is 0 Å². The number of hydrogen-bond donors (Lipinski definition) is 0. The molecule has 0 spiro atoms. The van der Waals surface area contributed by atoms with Crippen molar-refractivity contribution in [1.29, 1.82) is 0 Å². The molecular weight excluding hydrogens is 196 g/mol. The Balaban J connectivity index is 1.80. The van der Waals surface area contributed by atoms with Gasteiger partial charge < -0.3 is 0 Å². The van der Waals surface area contributed by atoms with E-state index in [2.05, 4.69) is 26.0 Å². The lowest BCUT2D eigenvalue weighted by molar-refractivity contribution is -0.129. The fourth-order valence-corrected chi connectivity index (χ4v) is 4.32. The molecule has 0 amide bonds. The average molecular weight is 218 g/mol. The van der Waals surface area contributed by atoms with Crippen molar-refractivity contribution in [3.8, 4) is 0 Å². The summed E-state index contributed by atoms with van der Waals surface area (Å²) in [5, 5.41) is 0. The predicted molar refractivity (Wildman–Crippen MR) is 64.9 cm³/mol. The van der Waals surface area contributed by atoms with Crippen LogP contribution in [0, 0.1) is 35.5 Å². The summed E-state index contributed by atoms with van der Waals surface area (Å²) < 4.78 is 0. The molecule has 3 aliphatic carbocycles. The molecule has 0 aromatic rings. The second-order valence-electron chi connectivity index (χ2n) is 6.19. The van der Waals surface area contributed by atoms with Gasteiger partial charge in [-0.2, -0.15) is 0 Å². The van der Waals surface area contributed by atoms with Crippen molar-refractivity contribution in [2.24, 2.45) is 35.5 Å². The van der Waals surface area contributed by atoms with E-state index < -0.39 is 0 Å². The Morgan fingerprint density at radius 3 is 2.81 bits per heavy atom. The number of Topliss-reactive ketones (excluding diaryl/α,β-unsaturated/α-hetero) is 1. The third-order valence-electron chi connectivity index (χ3n) is 5.48. The van der Waals surface area contributed by atoms with Crippen LogP contribution < -0.4 is 0 Å². The minimum atomic E-state index is 0.412. The second kappa shape index (κ2) is 3.72. The van der Waals surface area contributed by atoms with Gasteiger partial charge >= 0.3 is 0 Å². The van der Waals surface area contributed by atoms with Crippen molar-refractivity contribution in [1.82, 2.24) is 0 Å². The highest BCUT2D eigenvalue weighted by molar-refractivity contribution is 5.83. The van der Waals surface area contributed by atoms with Gasteiger partial charge in [0.1, 0.15) is 5.78 Å². The van der Waals surface area contributed by atoms with Crippen LogP contribution in [0.25, 0.3) is 0 Å².